The second kappa shape index (κ2) is 7.71. The van der Waals surface area contributed by atoms with Crippen molar-refractivity contribution >= 4 is 28.3 Å². The van der Waals surface area contributed by atoms with Gasteiger partial charge in [0, 0.05) is 16.8 Å². The van der Waals surface area contributed by atoms with Crippen LogP contribution in [0, 0.1) is 0 Å². The van der Waals surface area contributed by atoms with Gasteiger partial charge in [0.1, 0.15) is 10.9 Å². The minimum Gasteiger partial charge on any atom is -0.505 e. The Balaban J connectivity index is 2.44. The van der Waals surface area contributed by atoms with Gasteiger partial charge in [0.05, 0.1) is 6.10 Å². The molecule has 130 valence electrons. The highest BCUT2D eigenvalue weighted by Gasteiger charge is 2.20. The number of benzene rings is 1. The van der Waals surface area contributed by atoms with Crippen molar-refractivity contribution < 1.29 is 14.6 Å². The normalized spacial score (nSPS) is 12.4. The molecule has 0 saturated carbocycles. The first-order chi connectivity index (χ1) is 11.3. The summed E-state index contributed by atoms with van der Waals surface area (Å²) in [7, 11) is 0. The average molecular weight is 351 g/mol. The number of hydrogen-bond donors (Lipinski definition) is 2. The maximum absolute atomic E-state index is 12.4. The molecular formula is C18H23ClN2O3. The van der Waals surface area contributed by atoms with E-state index in [0.29, 0.717) is 16.5 Å². The number of aromatic hydroxyl groups is 1. The Bertz CT molecular complexity index is 747. The summed E-state index contributed by atoms with van der Waals surface area (Å²) in [4.78, 5) is 16.5. The number of rotatable bonds is 6. The van der Waals surface area contributed by atoms with Crippen molar-refractivity contribution in [2.45, 2.75) is 52.7 Å². The molecule has 2 N–H and O–H groups in total. The summed E-state index contributed by atoms with van der Waals surface area (Å²) >= 11 is 6.19. The summed E-state index contributed by atoms with van der Waals surface area (Å²) in [5.41, 5.74) is -0.0721. The highest BCUT2D eigenvalue weighted by molar-refractivity contribution is 6.35. The van der Waals surface area contributed by atoms with Crippen LogP contribution in [0.1, 0.15) is 51.0 Å². The maximum atomic E-state index is 12.4. The molecule has 0 saturated heterocycles. The molecule has 1 aromatic heterocycles. The molecule has 2 aromatic rings. The lowest BCUT2D eigenvalue weighted by atomic mass is 10.1. The van der Waals surface area contributed by atoms with Gasteiger partial charge < -0.3 is 15.2 Å². The Morgan fingerprint density at radius 3 is 2.67 bits per heavy atom. The predicted octanol–water partition coefficient (Wildman–Crippen LogP) is 4.30. The highest BCUT2D eigenvalue weighted by atomic mass is 35.5. The average Bonchev–Trinajstić information content (AvgIpc) is 2.50. The van der Waals surface area contributed by atoms with E-state index in [9.17, 15) is 9.90 Å². The predicted molar refractivity (Wildman–Crippen MR) is 96.0 cm³/mol. The van der Waals surface area contributed by atoms with Crippen LogP contribution in [-0.2, 0) is 0 Å². The van der Waals surface area contributed by atoms with Crippen molar-refractivity contribution in [2.75, 3.05) is 0 Å². The monoisotopic (exact) mass is 350 g/mol. The Kier molecular flexibility index (Phi) is 5.89. The largest absolute Gasteiger partial charge is 0.505 e. The summed E-state index contributed by atoms with van der Waals surface area (Å²) in [5.74, 6) is -0.0296. The molecule has 1 atom stereocenters. The number of nitrogens with one attached hydrogen (secondary N) is 1. The van der Waals surface area contributed by atoms with Crippen LogP contribution in [0.5, 0.6) is 11.5 Å². The van der Waals surface area contributed by atoms with Gasteiger partial charge in [-0.05, 0) is 45.4 Å². The van der Waals surface area contributed by atoms with Gasteiger partial charge in [0.15, 0.2) is 11.4 Å². The molecule has 0 aliphatic rings. The fourth-order valence-electron chi connectivity index (χ4n) is 2.54. The Labute approximate surface area is 147 Å². The molecule has 0 aliphatic heterocycles. The zero-order valence-corrected chi connectivity index (χ0v) is 15.1. The van der Waals surface area contributed by atoms with E-state index in [1.54, 1.807) is 18.2 Å². The summed E-state index contributed by atoms with van der Waals surface area (Å²) in [5, 5.41) is 14.5. The first kappa shape index (κ1) is 18.3. The molecule has 0 aliphatic carbocycles. The lowest BCUT2D eigenvalue weighted by Crippen LogP contribution is -2.33. The molecule has 2 rings (SSSR count). The van der Waals surface area contributed by atoms with E-state index in [1.807, 2.05) is 27.7 Å². The van der Waals surface area contributed by atoms with E-state index in [2.05, 4.69) is 10.3 Å². The zero-order valence-electron chi connectivity index (χ0n) is 14.4. The summed E-state index contributed by atoms with van der Waals surface area (Å²) < 4.78 is 5.64. The van der Waals surface area contributed by atoms with E-state index >= 15 is 0 Å². The molecule has 0 radical (unpaired) electrons. The number of fused-ring (bicyclic) bond motifs is 1. The van der Waals surface area contributed by atoms with E-state index < -0.39 is 5.91 Å². The molecule has 0 unspecified atom stereocenters. The molecule has 24 heavy (non-hydrogen) atoms. The van der Waals surface area contributed by atoms with Crippen LogP contribution in [0.15, 0.2) is 18.2 Å². The van der Waals surface area contributed by atoms with Crippen molar-refractivity contribution in [1.29, 1.82) is 0 Å². The molecule has 0 fully saturated rings. The van der Waals surface area contributed by atoms with Crippen LogP contribution >= 0.6 is 11.6 Å². The molecule has 1 aromatic carbocycles. The van der Waals surface area contributed by atoms with E-state index in [4.69, 9.17) is 16.3 Å². The van der Waals surface area contributed by atoms with Crippen LogP contribution in [-0.4, -0.2) is 28.1 Å². The van der Waals surface area contributed by atoms with Crippen molar-refractivity contribution in [1.82, 2.24) is 10.3 Å². The van der Waals surface area contributed by atoms with Crippen LogP contribution in [0.2, 0.25) is 5.15 Å². The summed E-state index contributed by atoms with van der Waals surface area (Å²) in [6.45, 7) is 7.78. The van der Waals surface area contributed by atoms with E-state index in [1.165, 1.54) is 0 Å². The van der Waals surface area contributed by atoms with Gasteiger partial charge in [-0.25, -0.2) is 4.98 Å². The molecule has 6 heteroatoms. The number of hydrogen-bond acceptors (Lipinski definition) is 4. The van der Waals surface area contributed by atoms with Gasteiger partial charge in [-0.2, -0.15) is 0 Å². The Morgan fingerprint density at radius 1 is 1.33 bits per heavy atom. The SMILES string of the molecule is CCC[C@H](C)NC(=O)c1nc(Cl)c2ccc(OC(C)C)cc2c1O. The number of halogens is 1. The smallest absolute Gasteiger partial charge is 0.274 e. The second-order valence-corrected chi connectivity index (χ2v) is 6.50. The lowest BCUT2D eigenvalue weighted by molar-refractivity contribution is 0.0930. The van der Waals surface area contributed by atoms with E-state index in [-0.39, 0.29) is 28.7 Å². The lowest BCUT2D eigenvalue weighted by Gasteiger charge is -2.15. The zero-order chi connectivity index (χ0) is 17.9. The third kappa shape index (κ3) is 4.09. The second-order valence-electron chi connectivity index (χ2n) is 6.14. The fraction of sp³-hybridized carbons (Fsp3) is 0.444. The van der Waals surface area contributed by atoms with Gasteiger partial charge in [-0.3, -0.25) is 4.79 Å². The number of carbonyl (C=O) groups is 1. The van der Waals surface area contributed by atoms with Crippen LogP contribution in [0.3, 0.4) is 0 Å². The summed E-state index contributed by atoms with van der Waals surface area (Å²) in [6, 6.07) is 5.15. The minimum atomic E-state index is -0.438. The van der Waals surface area contributed by atoms with Gasteiger partial charge in [0.2, 0.25) is 0 Å². The van der Waals surface area contributed by atoms with Gasteiger partial charge >= 0.3 is 0 Å². The Morgan fingerprint density at radius 2 is 2.04 bits per heavy atom. The van der Waals surface area contributed by atoms with Crippen molar-refractivity contribution in [3.05, 3.63) is 29.0 Å². The third-order valence-corrected chi connectivity index (χ3v) is 3.88. The molecule has 1 heterocycles. The quantitative estimate of drug-likeness (QED) is 0.762. The van der Waals surface area contributed by atoms with Crippen molar-refractivity contribution in [3.63, 3.8) is 0 Å². The third-order valence-electron chi connectivity index (χ3n) is 3.59. The molecule has 0 spiro atoms. The van der Waals surface area contributed by atoms with Crippen LogP contribution < -0.4 is 10.1 Å². The highest BCUT2D eigenvalue weighted by Crippen LogP contribution is 2.34. The Hall–Kier alpha value is -2.01. The molecule has 0 bridgehead atoms. The molecule has 1 amide bonds. The number of carbonyl (C=O) groups excluding carboxylic acids is 1. The molecular weight excluding hydrogens is 328 g/mol. The summed E-state index contributed by atoms with van der Waals surface area (Å²) in [6.07, 6.45) is 1.80. The van der Waals surface area contributed by atoms with Crippen LogP contribution in [0.25, 0.3) is 10.8 Å². The minimum absolute atomic E-state index is 0.000403. The van der Waals surface area contributed by atoms with Gasteiger partial charge in [-0.1, -0.05) is 24.9 Å². The van der Waals surface area contributed by atoms with Gasteiger partial charge in [0.25, 0.3) is 5.91 Å². The fourth-order valence-corrected chi connectivity index (χ4v) is 2.79. The maximum Gasteiger partial charge on any atom is 0.274 e. The van der Waals surface area contributed by atoms with Crippen molar-refractivity contribution in [2.24, 2.45) is 0 Å². The topological polar surface area (TPSA) is 71.5 Å². The number of ether oxygens (including phenoxy) is 1. The number of aromatic nitrogens is 1. The first-order valence-electron chi connectivity index (χ1n) is 8.13. The number of nitrogens with zero attached hydrogens (tertiary/aromatic N) is 1. The number of amides is 1. The standard InChI is InChI=1S/C18H23ClN2O3/c1-5-6-11(4)20-18(23)15-16(22)14-9-12(24-10(2)3)7-8-13(14)17(19)21-15/h7-11,22H,5-6H2,1-4H3,(H,20,23)/t11-/m0/s1. The van der Waals surface area contributed by atoms with Crippen molar-refractivity contribution in [3.8, 4) is 11.5 Å². The molecule has 5 nitrogen and oxygen atoms in total. The van der Waals surface area contributed by atoms with E-state index in [0.717, 1.165) is 12.8 Å². The van der Waals surface area contributed by atoms with Gasteiger partial charge in [-0.15, -0.1) is 0 Å². The number of pyridine rings is 1. The first-order valence-corrected chi connectivity index (χ1v) is 8.51. The van der Waals surface area contributed by atoms with Crippen LogP contribution in [0.4, 0.5) is 0 Å².